The number of nitriles is 1. The quantitative estimate of drug-likeness (QED) is 0.0572. The van der Waals surface area contributed by atoms with Gasteiger partial charge < -0.3 is 29.2 Å². The molecule has 6 aromatic carbocycles. The number of sulfonamides is 2. The molecule has 0 atom stereocenters. The molecule has 0 heterocycles. The van der Waals surface area contributed by atoms with Gasteiger partial charge in [-0.3, -0.25) is 9.44 Å². The molecule has 6 rings (SSSR count). The second kappa shape index (κ2) is 21.6. The van der Waals surface area contributed by atoms with Crippen molar-refractivity contribution in [3.8, 4) is 29.1 Å². The number of ether oxygens (including phenoxy) is 4. The monoisotopic (exact) mass is 879 g/mol. The van der Waals surface area contributed by atoms with E-state index in [4.69, 9.17) is 34.4 Å². The molecule has 0 spiro atoms. The summed E-state index contributed by atoms with van der Waals surface area (Å²) in [5.41, 5.74) is 2.00. The number of benzene rings is 6. The third kappa shape index (κ3) is 13.0. The number of para-hydroxylation sites is 2. The van der Waals surface area contributed by atoms with Gasteiger partial charge in [-0.15, -0.1) is 0 Å². The zero-order valence-electron chi connectivity index (χ0n) is 33.1. The van der Waals surface area contributed by atoms with Crippen LogP contribution in [0.15, 0.2) is 155 Å². The molecular weight excluding hydrogens is 839 g/mol. The Bertz CT molecular complexity index is 2720. The largest absolute Gasteiger partial charge is 0.490 e. The standard InChI is InChI=1S/C23H23NO6S.C22H18N2O6S/c1-2-17-7-13-20(14-8-17)31(27,28)24-18-9-11-19(12-10-18)29-15-16-30-22-6-4-3-5-21(22)23(25)26;23-15-16-5-1-4-8-21(16)31(27,28)24-17-9-11-18(12-10-17)29-13-14-30-20-7-3-2-6-19(20)22(25)26/h3-14,24H,2,15-16H2,1H3,(H,25,26);1-12,24H,13-14H2,(H,25,26). The lowest BCUT2D eigenvalue weighted by molar-refractivity contribution is 0.0680. The summed E-state index contributed by atoms with van der Waals surface area (Å²) >= 11 is 0. The number of aryl methyl sites for hydroxylation is 1. The number of aromatic carboxylic acids is 2. The summed E-state index contributed by atoms with van der Waals surface area (Å²) in [4.78, 5) is 22.4. The predicted octanol–water partition coefficient (Wildman–Crippen LogP) is 7.72. The molecular formula is C45H41N3O12S2. The minimum absolute atomic E-state index is 0.0550. The Morgan fingerprint density at radius 1 is 0.548 bits per heavy atom. The average Bonchev–Trinajstić information content (AvgIpc) is 3.28. The molecule has 0 fully saturated rings. The van der Waals surface area contributed by atoms with Gasteiger partial charge in [0.1, 0.15) is 71.5 Å². The van der Waals surface area contributed by atoms with E-state index in [2.05, 4.69) is 9.44 Å². The summed E-state index contributed by atoms with van der Waals surface area (Å²) in [5, 5.41) is 27.4. The highest BCUT2D eigenvalue weighted by Gasteiger charge is 2.19. The van der Waals surface area contributed by atoms with Crippen LogP contribution >= 0.6 is 0 Å². The molecule has 0 bridgehead atoms. The smallest absolute Gasteiger partial charge is 0.339 e. The highest BCUT2D eigenvalue weighted by atomic mass is 32.2. The predicted molar refractivity (Wildman–Crippen MR) is 230 cm³/mol. The Morgan fingerprint density at radius 2 is 0.968 bits per heavy atom. The number of carboxylic acid groups (broad SMARTS) is 2. The van der Waals surface area contributed by atoms with E-state index in [0.717, 1.165) is 12.0 Å². The Hall–Kier alpha value is -7.55. The van der Waals surface area contributed by atoms with Crippen molar-refractivity contribution in [1.29, 1.82) is 5.26 Å². The van der Waals surface area contributed by atoms with Crippen LogP contribution < -0.4 is 28.4 Å². The fourth-order valence-electron chi connectivity index (χ4n) is 5.52. The Morgan fingerprint density at radius 3 is 1.42 bits per heavy atom. The molecule has 4 N–H and O–H groups in total. The van der Waals surface area contributed by atoms with Crippen LogP contribution in [0.1, 0.15) is 38.8 Å². The van der Waals surface area contributed by atoms with E-state index in [1.807, 2.05) is 13.0 Å². The first-order chi connectivity index (χ1) is 29.8. The first-order valence-corrected chi connectivity index (χ1v) is 21.8. The van der Waals surface area contributed by atoms with Crippen molar-refractivity contribution < 1.29 is 55.6 Å². The molecule has 0 aromatic heterocycles. The van der Waals surface area contributed by atoms with E-state index in [9.17, 15) is 26.4 Å². The molecule has 0 radical (unpaired) electrons. The summed E-state index contributed by atoms with van der Waals surface area (Å²) in [6.45, 7) is 2.65. The number of nitrogens with one attached hydrogen (secondary N) is 2. The number of nitrogens with zero attached hydrogens (tertiary/aromatic N) is 1. The molecule has 0 aliphatic carbocycles. The van der Waals surface area contributed by atoms with Crippen molar-refractivity contribution in [3.05, 3.63) is 168 Å². The van der Waals surface area contributed by atoms with Crippen LogP contribution in [-0.4, -0.2) is 65.4 Å². The second-order valence-electron chi connectivity index (χ2n) is 12.9. The van der Waals surface area contributed by atoms with Gasteiger partial charge >= 0.3 is 11.9 Å². The number of hydrogen-bond donors (Lipinski definition) is 4. The zero-order valence-corrected chi connectivity index (χ0v) is 34.8. The van der Waals surface area contributed by atoms with Gasteiger partial charge in [0.15, 0.2) is 0 Å². The molecule has 15 nitrogen and oxygen atoms in total. The molecule has 0 aliphatic rings. The summed E-state index contributed by atoms with van der Waals surface area (Å²) in [5.74, 6) is -0.597. The van der Waals surface area contributed by atoms with Crippen molar-refractivity contribution in [2.75, 3.05) is 35.9 Å². The number of carbonyl (C=O) groups is 2. The van der Waals surface area contributed by atoms with Crippen LogP contribution in [0.5, 0.6) is 23.0 Å². The van der Waals surface area contributed by atoms with E-state index in [1.165, 1.54) is 36.4 Å². The Kier molecular flexibility index (Phi) is 15.9. The molecule has 0 unspecified atom stereocenters. The van der Waals surface area contributed by atoms with Gasteiger partial charge in [-0.05, 0) is 109 Å². The second-order valence-corrected chi connectivity index (χ2v) is 16.2. The van der Waals surface area contributed by atoms with Crippen LogP contribution in [0.25, 0.3) is 0 Å². The van der Waals surface area contributed by atoms with E-state index >= 15 is 0 Å². The normalized spacial score (nSPS) is 10.8. The number of carboxylic acids is 2. The molecule has 0 saturated carbocycles. The highest BCUT2D eigenvalue weighted by molar-refractivity contribution is 7.93. The van der Waals surface area contributed by atoms with Crippen molar-refractivity contribution >= 4 is 43.4 Å². The summed E-state index contributed by atoms with van der Waals surface area (Å²) < 4.78 is 77.1. The van der Waals surface area contributed by atoms with E-state index < -0.39 is 32.0 Å². The maximum atomic E-state index is 12.5. The summed E-state index contributed by atoms with van der Waals surface area (Å²) in [6.07, 6.45) is 0.840. The van der Waals surface area contributed by atoms with Crippen LogP contribution in [0.4, 0.5) is 11.4 Å². The molecule has 0 aliphatic heterocycles. The molecule has 6 aromatic rings. The Labute approximate surface area is 358 Å². The van der Waals surface area contributed by atoms with Gasteiger partial charge in [-0.2, -0.15) is 5.26 Å². The molecule has 62 heavy (non-hydrogen) atoms. The maximum absolute atomic E-state index is 12.5. The molecule has 0 saturated heterocycles. The lowest BCUT2D eigenvalue weighted by atomic mass is 10.2. The third-order valence-corrected chi connectivity index (χ3v) is 11.4. The zero-order chi connectivity index (χ0) is 44.5. The third-order valence-electron chi connectivity index (χ3n) is 8.61. The summed E-state index contributed by atoms with van der Waals surface area (Å²) in [6, 6.07) is 40.0. The minimum atomic E-state index is -3.91. The first-order valence-electron chi connectivity index (χ1n) is 18.8. The SMILES string of the molecule is CCc1ccc(S(=O)(=O)Nc2ccc(OCCOc3ccccc3C(=O)O)cc2)cc1.N#Cc1ccccc1S(=O)(=O)Nc1ccc(OCCOc2ccccc2C(=O)O)cc1. The first kappa shape index (κ1) is 45.5. The van der Waals surface area contributed by atoms with E-state index in [-0.39, 0.29) is 64.4 Å². The van der Waals surface area contributed by atoms with Crippen LogP contribution in [0.2, 0.25) is 0 Å². The van der Waals surface area contributed by atoms with Crippen LogP contribution in [0, 0.1) is 11.3 Å². The van der Waals surface area contributed by atoms with Gasteiger partial charge in [0.2, 0.25) is 0 Å². The van der Waals surface area contributed by atoms with Gasteiger partial charge in [-0.1, -0.05) is 55.5 Å². The van der Waals surface area contributed by atoms with E-state index in [1.54, 1.807) is 109 Å². The van der Waals surface area contributed by atoms with E-state index in [0.29, 0.717) is 22.9 Å². The number of hydrogen-bond acceptors (Lipinski definition) is 11. The molecule has 0 amide bonds. The van der Waals surface area contributed by atoms with Crippen molar-refractivity contribution in [1.82, 2.24) is 0 Å². The highest BCUT2D eigenvalue weighted by Crippen LogP contribution is 2.24. The summed E-state index contributed by atoms with van der Waals surface area (Å²) in [7, 11) is -7.59. The Balaban J connectivity index is 0.000000234. The average molecular weight is 880 g/mol. The topological polar surface area (TPSA) is 228 Å². The van der Waals surface area contributed by atoms with Gasteiger partial charge in [0.25, 0.3) is 20.0 Å². The number of rotatable bonds is 19. The molecule has 320 valence electrons. The lowest BCUT2D eigenvalue weighted by Gasteiger charge is -2.12. The van der Waals surface area contributed by atoms with Gasteiger partial charge in [0, 0.05) is 11.4 Å². The fraction of sp³-hybridized carbons (Fsp3) is 0.133. The van der Waals surface area contributed by atoms with Gasteiger partial charge in [0.05, 0.1) is 10.5 Å². The lowest BCUT2D eigenvalue weighted by Crippen LogP contribution is -2.14. The van der Waals surface area contributed by atoms with Crippen molar-refractivity contribution in [2.24, 2.45) is 0 Å². The number of anilines is 2. The maximum Gasteiger partial charge on any atom is 0.339 e. The van der Waals surface area contributed by atoms with Crippen molar-refractivity contribution in [3.63, 3.8) is 0 Å². The van der Waals surface area contributed by atoms with Crippen LogP contribution in [-0.2, 0) is 26.5 Å². The molecule has 17 heteroatoms. The van der Waals surface area contributed by atoms with Crippen LogP contribution in [0.3, 0.4) is 0 Å². The fourth-order valence-corrected chi connectivity index (χ4v) is 7.80. The minimum Gasteiger partial charge on any atom is -0.490 e. The van der Waals surface area contributed by atoms with Crippen molar-refractivity contribution in [2.45, 2.75) is 23.1 Å². The van der Waals surface area contributed by atoms with Gasteiger partial charge in [-0.25, -0.2) is 26.4 Å².